The first kappa shape index (κ1) is 10.9. The fourth-order valence-corrected chi connectivity index (χ4v) is 1.65. The molecule has 1 aliphatic rings. The van der Waals surface area contributed by atoms with Gasteiger partial charge in [0, 0.05) is 20.3 Å². The molecule has 1 saturated carbocycles. The molecule has 0 aliphatic heterocycles. The van der Waals surface area contributed by atoms with Gasteiger partial charge in [-0.2, -0.15) is 0 Å². The van der Waals surface area contributed by atoms with Crippen molar-refractivity contribution in [2.45, 2.75) is 37.7 Å². The molecule has 78 valence electrons. The van der Waals surface area contributed by atoms with Gasteiger partial charge in [0.25, 0.3) is 0 Å². The van der Waals surface area contributed by atoms with Gasteiger partial charge >= 0.3 is 0 Å². The Balaban J connectivity index is 2.22. The van der Waals surface area contributed by atoms with Crippen molar-refractivity contribution in [2.24, 2.45) is 5.73 Å². The van der Waals surface area contributed by atoms with Crippen LogP contribution in [0.25, 0.3) is 0 Å². The maximum Gasteiger partial charge on any atom is 0.0984 e. The zero-order chi connectivity index (χ0) is 9.84. The SMILES string of the molecule is COCC(C)OC1CC(N)C1OC. The van der Waals surface area contributed by atoms with Crippen LogP contribution in [0, 0.1) is 0 Å². The Labute approximate surface area is 79.3 Å². The fraction of sp³-hybridized carbons (Fsp3) is 1.00. The topological polar surface area (TPSA) is 53.7 Å². The summed E-state index contributed by atoms with van der Waals surface area (Å²) >= 11 is 0. The molecular weight excluding hydrogens is 170 g/mol. The van der Waals surface area contributed by atoms with Crippen LogP contribution < -0.4 is 5.73 Å². The molecule has 13 heavy (non-hydrogen) atoms. The molecule has 4 atom stereocenters. The van der Waals surface area contributed by atoms with Crippen molar-refractivity contribution < 1.29 is 14.2 Å². The first-order valence-electron chi connectivity index (χ1n) is 4.61. The summed E-state index contributed by atoms with van der Waals surface area (Å²) in [6.07, 6.45) is 1.19. The lowest BCUT2D eigenvalue weighted by atomic mass is 9.86. The van der Waals surface area contributed by atoms with Crippen molar-refractivity contribution in [3.8, 4) is 0 Å². The minimum Gasteiger partial charge on any atom is -0.382 e. The van der Waals surface area contributed by atoms with Crippen molar-refractivity contribution in [3.05, 3.63) is 0 Å². The van der Waals surface area contributed by atoms with Gasteiger partial charge in [0.05, 0.1) is 24.9 Å². The van der Waals surface area contributed by atoms with Crippen LogP contribution in [0.1, 0.15) is 13.3 Å². The molecule has 2 N–H and O–H groups in total. The standard InChI is InChI=1S/C9H19NO3/c1-6(5-11-2)13-8-4-7(10)9(8)12-3/h6-9H,4-5,10H2,1-3H3. The van der Waals surface area contributed by atoms with Gasteiger partial charge in [-0.05, 0) is 13.3 Å². The average Bonchev–Trinajstić information content (AvgIpc) is 2.04. The van der Waals surface area contributed by atoms with Crippen molar-refractivity contribution >= 4 is 0 Å². The summed E-state index contributed by atoms with van der Waals surface area (Å²) in [5.74, 6) is 0. The smallest absolute Gasteiger partial charge is 0.0984 e. The maximum absolute atomic E-state index is 5.74. The number of hydrogen-bond acceptors (Lipinski definition) is 4. The molecule has 1 aliphatic carbocycles. The zero-order valence-corrected chi connectivity index (χ0v) is 8.53. The van der Waals surface area contributed by atoms with E-state index in [9.17, 15) is 0 Å². The van der Waals surface area contributed by atoms with Crippen LogP contribution in [0.3, 0.4) is 0 Å². The molecule has 0 aromatic heterocycles. The van der Waals surface area contributed by atoms with Gasteiger partial charge in [0.2, 0.25) is 0 Å². The summed E-state index contributed by atoms with van der Waals surface area (Å²) in [7, 11) is 3.33. The van der Waals surface area contributed by atoms with Crippen molar-refractivity contribution in [1.29, 1.82) is 0 Å². The molecule has 1 fully saturated rings. The van der Waals surface area contributed by atoms with Gasteiger partial charge in [-0.15, -0.1) is 0 Å². The van der Waals surface area contributed by atoms with E-state index < -0.39 is 0 Å². The van der Waals surface area contributed by atoms with Crippen LogP contribution in [0.5, 0.6) is 0 Å². The molecule has 1 rings (SSSR count). The number of hydrogen-bond donors (Lipinski definition) is 1. The van der Waals surface area contributed by atoms with E-state index in [1.54, 1.807) is 14.2 Å². The minimum atomic E-state index is 0.0549. The second kappa shape index (κ2) is 4.91. The van der Waals surface area contributed by atoms with E-state index in [2.05, 4.69) is 0 Å². The Hall–Kier alpha value is -0.160. The van der Waals surface area contributed by atoms with E-state index >= 15 is 0 Å². The van der Waals surface area contributed by atoms with E-state index in [4.69, 9.17) is 19.9 Å². The fourth-order valence-electron chi connectivity index (χ4n) is 1.65. The molecule has 0 bridgehead atoms. The molecule has 0 amide bonds. The third kappa shape index (κ3) is 2.64. The highest BCUT2D eigenvalue weighted by Crippen LogP contribution is 2.26. The molecule has 0 aromatic carbocycles. The van der Waals surface area contributed by atoms with E-state index in [1.807, 2.05) is 6.92 Å². The lowest BCUT2D eigenvalue weighted by Crippen LogP contribution is -2.58. The molecular formula is C9H19NO3. The van der Waals surface area contributed by atoms with Gasteiger partial charge in [0.1, 0.15) is 0 Å². The maximum atomic E-state index is 5.74. The number of rotatable bonds is 5. The Kier molecular flexibility index (Phi) is 4.12. The number of methoxy groups -OCH3 is 2. The first-order chi connectivity index (χ1) is 6.19. The second-order valence-corrected chi connectivity index (χ2v) is 3.54. The molecule has 4 nitrogen and oxygen atoms in total. The highest BCUT2D eigenvalue weighted by atomic mass is 16.6. The summed E-state index contributed by atoms with van der Waals surface area (Å²) in [6, 6.07) is 0.129. The van der Waals surface area contributed by atoms with Gasteiger partial charge in [-0.1, -0.05) is 0 Å². The predicted octanol–water partition coefficient (Wildman–Crippen LogP) is 0.153. The largest absolute Gasteiger partial charge is 0.382 e. The summed E-state index contributed by atoms with van der Waals surface area (Å²) in [5, 5.41) is 0. The molecule has 4 unspecified atom stereocenters. The van der Waals surface area contributed by atoms with Crippen molar-refractivity contribution in [3.63, 3.8) is 0 Å². The van der Waals surface area contributed by atoms with Crippen LogP contribution in [0.15, 0.2) is 0 Å². The minimum absolute atomic E-state index is 0.0549. The number of ether oxygens (including phenoxy) is 3. The Morgan fingerprint density at radius 2 is 2.15 bits per heavy atom. The van der Waals surface area contributed by atoms with Crippen molar-refractivity contribution in [1.82, 2.24) is 0 Å². The third-order valence-electron chi connectivity index (χ3n) is 2.37. The molecule has 4 heteroatoms. The van der Waals surface area contributed by atoms with Crippen LogP contribution in [-0.4, -0.2) is 45.2 Å². The summed E-state index contributed by atoms with van der Waals surface area (Å²) in [4.78, 5) is 0. The summed E-state index contributed by atoms with van der Waals surface area (Å²) in [5.41, 5.74) is 5.74. The van der Waals surface area contributed by atoms with E-state index in [1.165, 1.54) is 0 Å². The van der Waals surface area contributed by atoms with E-state index in [0.717, 1.165) is 6.42 Å². The van der Waals surface area contributed by atoms with Gasteiger partial charge in [-0.25, -0.2) is 0 Å². The Morgan fingerprint density at radius 1 is 1.46 bits per heavy atom. The van der Waals surface area contributed by atoms with Crippen LogP contribution >= 0.6 is 0 Å². The normalized spacial score (nSPS) is 35.5. The molecule has 0 heterocycles. The van der Waals surface area contributed by atoms with Gasteiger partial charge < -0.3 is 19.9 Å². The molecule has 0 radical (unpaired) electrons. The molecule has 0 aromatic rings. The zero-order valence-electron chi connectivity index (χ0n) is 8.53. The van der Waals surface area contributed by atoms with Crippen molar-refractivity contribution in [2.75, 3.05) is 20.8 Å². The van der Waals surface area contributed by atoms with E-state index in [0.29, 0.717) is 6.61 Å². The lowest BCUT2D eigenvalue weighted by Gasteiger charge is -2.42. The lowest BCUT2D eigenvalue weighted by molar-refractivity contribution is -0.155. The Morgan fingerprint density at radius 3 is 2.62 bits per heavy atom. The second-order valence-electron chi connectivity index (χ2n) is 3.54. The quantitative estimate of drug-likeness (QED) is 0.669. The summed E-state index contributed by atoms with van der Waals surface area (Å²) < 4.78 is 15.8. The highest BCUT2D eigenvalue weighted by Gasteiger charge is 2.40. The van der Waals surface area contributed by atoms with Crippen LogP contribution in [-0.2, 0) is 14.2 Å². The summed E-state index contributed by atoms with van der Waals surface area (Å²) in [6.45, 7) is 2.60. The van der Waals surface area contributed by atoms with Gasteiger partial charge in [-0.3, -0.25) is 0 Å². The molecule has 0 saturated heterocycles. The van der Waals surface area contributed by atoms with Gasteiger partial charge in [0.15, 0.2) is 0 Å². The van der Waals surface area contributed by atoms with Crippen LogP contribution in [0.2, 0.25) is 0 Å². The highest BCUT2D eigenvalue weighted by molar-refractivity contribution is 4.95. The predicted molar refractivity (Wildman–Crippen MR) is 49.6 cm³/mol. The monoisotopic (exact) mass is 189 g/mol. The number of nitrogens with two attached hydrogens (primary N) is 1. The van der Waals surface area contributed by atoms with Crippen LogP contribution in [0.4, 0.5) is 0 Å². The van der Waals surface area contributed by atoms with E-state index in [-0.39, 0.29) is 24.4 Å². The molecule has 0 spiro atoms. The first-order valence-corrected chi connectivity index (χ1v) is 4.61. The third-order valence-corrected chi connectivity index (χ3v) is 2.37. The Bertz CT molecular complexity index is 154. The average molecular weight is 189 g/mol.